The number of aliphatic hydroxyl groups is 1. The molecule has 1 unspecified atom stereocenters. The van der Waals surface area contributed by atoms with Gasteiger partial charge in [-0.1, -0.05) is 6.07 Å². The van der Waals surface area contributed by atoms with Crippen molar-refractivity contribution in [3.63, 3.8) is 0 Å². The average Bonchev–Trinajstić information content (AvgIpc) is 3.48. The van der Waals surface area contributed by atoms with E-state index >= 15 is 0 Å². The highest BCUT2D eigenvalue weighted by Gasteiger charge is 2.46. The molecule has 0 saturated carbocycles. The number of fused-ring (bicyclic) bond motifs is 2. The molecule has 2 aromatic carbocycles. The Hall–Kier alpha value is -3.88. The zero-order valence-electron chi connectivity index (χ0n) is 26.2. The van der Waals surface area contributed by atoms with E-state index in [-0.39, 0.29) is 35.3 Å². The van der Waals surface area contributed by atoms with Crippen LogP contribution in [0.15, 0.2) is 35.2 Å². The molecule has 0 spiro atoms. The zero-order valence-corrected chi connectivity index (χ0v) is 27.0. The number of amides is 4. The van der Waals surface area contributed by atoms with Crippen LogP contribution in [-0.4, -0.2) is 111 Å². The number of hydrogen-bond donors (Lipinski definition) is 2. The first-order valence-corrected chi connectivity index (χ1v) is 18.1. The summed E-state index contributed by atoms with van der Waals surface area (Å²) in [6, 6.07) is 7.45. The number of halogens is 1. The molecule has 2 aromatic rings. The fourth-order valence-electron chi connectivity index (χ4n) is 7.93. The molecule has 2 N–H and O–H groups in total. The second kappa shape index (κ2) is 12.0. The molecular weight excluding hydrogens is 629 g/mol. The molecule has 3 saturated heterocycles. The Morgan fingerprint density at radius 1 is 0.894 bits per heavy atom. The van der Waals surface area contributed by atoms with Gasteiger partial charge in [0.1, 0.15) is 18.3 Å². The molecule has 12 nitrogen and oxygen atoms in total. The number of carbonyl (C=O) groups excluding carboxylic acids is 4. The van der Waals surface area contributed by atoms with Crippen molar-refractivity contribution in [1.82, 2.24) is 15.1 Å². The molecular formula is C33H38FN5O7S. The Bertz CT molecular complexity index is 1770. The standard InChI is InChI=1S/C33H38FN5O7S/c1-47(45,46)26-7-5-23(21-17-22(34)30(41)29(21)26)37-11-9-19(10-12-37)18-36-13-15-38(16-14-36)24-4-2-3-20-28(24)33(44)39(32(20)43)25-6-8-27(40)35-31(25)42/h2-5,7,19,22,25,30,41H,6,8-18H2,1H3,(H,35,40,42)/t22-,25?,30+/m0/s1. The largest absolute Gasteiger partial charge is 0.385 e. The van der Waals surface area contributed by atoms with Crippen molar-refractivity contribution >= 4 is 44.8 Å². The molecule has 4 heterocycles. The van der Waals surface area contributed by atoms with Gasteiger partial charge in [-0.05, 0) is 55.0 Å². The van der Waals surface area contributed by atoms with E-state index in [2.05, 4.69) is 20.0 Å². The molecule has 47 heavy (non-hydrogen) atoms. The Balaban J connectivity index is 0.968. The van der Waals surface area contributed by atoms with Gasteiger partial charge in [-0.2, -0.15) is 0 Å². The van der Waals surface area contributed by atoms with Gasteiger partial charge in [-0.3, -0.25) is 34.3 Å². The molecule has 5 aliphatic rings. The number of aliphatic hydroxyl groups excluding tert-OH is 1. The molecule has 3 fully saturated rings. The number of benzene rings is 2. The lowest BCUT2D eigenvalue weighted by Gasteiger charge is -2.40. The van der Waals surface area contributed by atoms with Gasteiger partial charge in [0.15, 0.2) is 9.84 Å². The quantitative estimate of drug-likeness (QED) is 0.434. The first kappa shape index (κ1) is 31.7. The number of rotatable bonds is 6. The topological polar surface area (TPSA) is 148 Å². The number of nitrogens with zero attached hydrogens (tertiary/aromatic N) is 4. The number of hydrogen-bond acceptors (Lipinski definition) is 10. The van der Waals surface area contributed by atoms with Gasteiger partial charge >= 0.3 is 0 Å². The van der Waals surface area contributed by atoms with E-state index in [4.69, 9.17) is 0 Å². The number of imide groups is 2. The van der Waals surface area contributed by atoms with E-state index in [1.807, 2.05) is 6.07 Å². The molecule has 250 valence electrons. The van der Waals surface area contributed by atoms with E-state index < -0.39 is 51.8 Å². The Morgan fingerprint density at radius 2 is 1.60 bits per heavy atom. The molecule has 4 aliphatic heterocycles. The van der Waals surface area contributed by atoms with Gasteiger partial charge in [0, 0.05) is 76.2 Å². The van der Waals surface area contributed by atoms with Gasteiger partial charge in [0.25, 0.3) is 11.8 Å². The molecule has 1 aliphatic carbocycles. The van der Waals surface area contributed by atoms with Crippen molar-refractivity contribution in [2.75, 3.05) is 61.9 Å². The van der Waals surface area contributed by atoms with Crippen LogP contribution in [0.3, 0.4) is 0 Å². The van der Waals surface area contributed by atoms with Crippen molar-refractivity contribution in [2.45, 2.75) is 55.3 Å². The van der Waals surface area contributed by atoms with Crippen LogP contribution in [0.1, 0.15) is 63.6 Å². The maximum atomic E-state index is 14.6. The van der Waals surface area contributed by atoms with E-state index in [1.54, 1.807) is 18.2 Å². The van der Waals surface area contributed by atoms with Crippen LogP contribution in [0.2, 0.25) is 0 Å². The normalized spacial score (nSPS) is 25.8. The highest BCUT2D eigenvalue weighted by atomic mass is 32.2. The number of anilines is 2. The predicted octanol–water partition coefficient (Wildman–Crippen LogP) is 1.46. The van der Waals surface area contributed by atoms with Crippen LogP contribution < -0.4 is 15.1 Å². The molecule has 7 rings (SSSR count). The minimum absolute atomic E-state index is 0.000918. The highest BCUT2D eigenvalue weighted by molar-refractivity contribution is 7.90. The summed E-state index contributed by atoms with van der Waals surface area (Å²) in [4.78, 5) is 58.6. The second-order valence-electron chi connectivity index (χ2n) is 13.3. The first-order chi connectivity index (χ1) is 22.4. The minimum atomic E-state index is -3.61. The van der Waals surface area contributed by atoms with Gasteiger partial charge in [-0.25, -0.2) is 12.8 Å². The summed E-state index contributed by atoms with van der Waals surface area (Å²) in [6.45, 7) is 5.29. The summed E-state index contributed by atoms with van der Waals surface area (Å²) in [5, 5.41) is 12.7. The Morgan fingerprint density at radius 3 is 2.28 bits per heavy atom. The third-order valence-electron chi connectivity index (χ3n) is 10.4. The van der Waals surface area contributed by atoms with Crippen LogP contribution in [0.4, 0.5) is 15.8 Å². The lowest BCUT2D eigenvalue weighted by molar-refractivity contribution is -0.136. The molecule has 4 amide bonds. The van der Waals surface area contributed by atoms with Crippen LogP contribution in [0.25, 0.3) is 0 Å². The number of carbonyl (C=O) groups is 4. The fraction of sp³-hybridized carbons (Fsp3) is 0.515. The van der Waals surface area contributed by atoms with Crippen LogP contribution in [0.5, 0.6) is 0 Å². The third kappa shape index (κ3) is 5.59. The summed E-state index contributed by atoms with van der Waals surface area (Å²) in [5.41, 5.74) is 2.87. The second-order valence-corrected chi connectivity index (χ2v) is 15.3. The maximum absolute atomic E-state index is 14.6. The summed E-state index contributed by atoms with van der Waals surface area (Å²) < 4.78 is 39.2. The van der Waals surface area contributed by atoms with Crippen molar-refractivity contribution in [2.24, 2.45) is 5.92 Å². The third-order valence-corrected chi connectivity index (χ3v) is 11.5. The number of alkyl halides is 1. The number of nitrogens with one attached hydrogen (secondary N) is 1. The minimum Gasteiger partial charge on any atom is -0.385 e. The molecule has 14 heteroatoms. The van der Waals surface area contributed by atoms with Crippen LogP contribution >= 0.6 is 0 Å². The van der Waals surface area contributed by atoms with Crippen molar-refractivity contribution in [3.8, 4) is 0 Å². The Labute approximate surface area is 272 Å². The van der Waals surface area contributed by atoms with Gasteiger partial charge in [-0.15, -0.1) is 0 Å². The summed E-state index contributed by atoms with van der Waals surface area (Å²) in [5.74, 6) is -1.60. The molecule has 0 aromatic heterocycles. The molecule has 0 bridgehead atoms. The molecule has 0 radical (unpaired) electrons. The van der Waals surface area contributed by atoms with Crippen LogP contribution in [-0.2, 0) is 25.8 Å². The lowest BCUT2D eigenvalue weighted by Crippen LogP contribution is -2.54. The predicted molar refractivity (Wildman–Crippen MR) is 170 cm³/mol. The number of piperazine rings is 1. The average molecular weight is 668 g/mol. The monoisotopic (exact) mass is 667 g/mol. The fourth-order valence-corrected chi connectivity index (χ4v) is 8.89. The van der Waals surface area contributed by atoms with E-state index in [1.165, 1.54) is 6.07 Å². The molecule has 3 atom stereocenters. The summed E-state index contributed by atoms with van der Waals surface area (Å²) in [6.07, 6.45) is 0.138. The SMILES string of the molecule is CS(=O)(=O)c1ccc(N2CCC(CN3CCN(c4cccc5c4C(=O)N(C4CCC(=O)NC4=O)C5=O)CC3)CC2)c2c1[C@H](O)[C@@H](F)C2. The highest BCUT2D eigenvalue weighted by Crippen LogP contribution is 2.43. The van der Waals surface area contributed by atoms with E-state index in [9.17, 15) is 37.1 Å². The van der Waals surface area contributed by atoms with E-state index in [0.29, 0.717) is 35.8 Å². The summed E-state index contributed by atoms with van der Waals surface area (Å²) in [7, 11) is -3.61. The van der Waals surface area contributed by atoms with Gasteiger partial charge in [0.2, 0.25) is 11.8 Å². The van der Waals surface area contributed by atoms with Crippen molar-refractivity contribution in [3.05, 3.63) is 52.6 Å². The summed E-state index contributed by atoms with van der Waals surface area (Å²) >= 11 is 0. The Kier molecular flexibility index (Phi) is 8.08. The van der Waals surface area contributed by atoms with Crippen molar-refractivity contribution in [1.29, 1.82) is 0 Å². The lowest BCUT2D eigenvalue weighted by atomic mass is 9.94. The first-order valence-electron chi connectivity index (χ1n) is 16.2. The zero-order chi connectivity index (χ0) is 33.2. The van der Waals surface area contributed by atoms with Crippen molar-refractivity contribution < 1.29 is 37.1 Å². The van der Waals surface area contributed by atoms with Gasteiger partial charge < -0.3 is 14.9 Å². The smallest absolute Gasteiger partial charge is 0.264 e. The van der Waals surface area contributed by atoms with E-state index in [0.717, 1.165) is 62.4 Å². The van der Waals surface area contributed by atoms with Gasteiger partial charge in [0.05, 0.1) is 21.7 Å². The number of sulfone groups is 1. The number of piperidine rings is 2. The van der Waals surface area contributed by atoms with Crippen LogP contribution in [0, 0.1) is 5.92 Å². The maximum Gasteiger partial charge on any atom is 0.264 e.